The second-order valence-corrected chi connectivity index (χ2v) is 8.24. The molecule has 1 aromatic heterocycles. The van der Waals surface area contributed by atoms with E-state index in [0.29, 0.717) is 17.0 Å². The van der Waals surface area contributed by atoms with Gasteiger partial charge in [-0.15, -0.1) is 0 Å². The lowest BCUT2D eigenvalue weighted by Crippen LogP contribution is -2.29. The first kappa shape index (κ1) is 22.3. The number of ketones is 1. The SMILES string of the molecule is COc1cc(C)c(/C(O)=C2\C(=O)C(=O)N(Cc3ccccn3)C2c2ccccc2C)cc1C. The number of ether oxygens (including phenoxy) is 1. The number of aliphatic hydroxyl groups excluding tert-OH is 1. The van der Waals surface area contributed by atoms with Gasteiger partial charge in [-0.1, -0.05) is 30.3 Å². The zero-order chi connectivity index (χ0) is 23.7. The Labute approximate surface area is 193 Å². The van der Waals surface area contributed by atoms with Crippen molar-refractivity contribution < 1.29 is 19.4 Å². The first-order valence-electron chi connectivity index (χ1n) is 10.7. The Morgan fingerprint density at radius 1 is 1.00 bits per heavy atom. The Morgan fingerprint density at radius 2 is 1.73 bits per heavy atom. The Hall–Kier alpha value is -3.93. The van der Waals surface area contributed by atoms with E-state index in [4.69, 9.17) is 4.74 Å². The Morgan fingerprint density at radius 3 is 2.39 bits per heavy atom. The molecule has 1 saturated heterocycles. The van der Waals surface area contributed by atoms with Gasteiger partial charge in [-0.25, -0.2) is 0 Å². The number of aliphatic hydroxyl groups is 1. The van der Waals surface area contributed by atoms with Gasteiger partial charge in [0.05, 0.1) is 31.0 Å². The third-order valence-corrected chi connectivity index (χ3v) is 6.08. The average Bonchev–Trinajstić information content (AvgIpc) is 3.05. The van der Waals surface area contributed by atoms with E-state index in [-0.39, 0.29) is 17.9 Å². The van der Waals surface area contributed by atoms with Gasteiger partial charge in [0.2, 0.25) is 0 Å². The second-order valence-electron chi connectivity index (χ2n) is 8.24. The second kappa shape index (κ2) is 8.90. The molecule has 0 bridgehead atoms. The highest BCUT2D eigenvalue weighted by Gasteiger charge is 2.46. The van der Waals surface area contributed by atoms with Gasteiger partial charge in [-0.05, 0) is 67.3 Å². The van der Waals surface area contributed by atoms with E-state index in [2.05, 4.69) is 4.98 Å². The molecule has 4 rings (SSSR count). The van der Waals surface area contributed by atoms with Gasteiger partial charge in [-0.2, -0.15) is 0 Å². The number of Topliss-reactive ketones (excluding diaryl/α,β-unsaturated/α-hetero) is 1. The number of carbonyl (C=O) groups is 2. The smallest absolute Gasteiger partial charge is 0.296 e. The maximum Gasteiger partial charge on any atom is 0.296 e. The molecule has 0 radical (unpaired) electrons. The predicted molar refractivity (Wildman–Crippen MR) is 126 cm³/mol. The number of nitrogens with zero attached hydrogens (tertiary/aromatic N) is 2. The summed E-state index contributed by atoms with van der Waals surface area (Å²) >= 11 is 0. The van der Waals surface area contributed by atoms with Crippen LogP contribution >= 0.6 is 0 Å². The molecule has 1 amide bonds. The van der Waals surface area contributed by atoms with Crippen molar-refractivity contribution in [3.8, 4) is 5.75 Å². The number of aromatic nitrogens is 1. The van der Waals surface area contributed by atoms with E-state index < -0.39 is 17.7 Å². The van der Waals surface area contributed by atoms with Crippen LogP contribution in [0.4, 0.5) is 0 Å². The number of hydrogen-bond donors (Lipinski definition) is 1. The van der Waals surface area contributed by atoms with Gasteiger partial charge in [0, 0.05) is 11.8 Å². The van der Waals surface area contributed by atoms with Crippen LogP contribution in [-0.4, -0.2) is 33.8 Å². The summed E-state index contributed by atoms with van der Waals surface area (Å²) in [7, 11) is 1.59. The highest BCUT2D eigenvalue weighted by atomic mass is 16.5. The van der Waals surface area contributed by atoms with Gasteiger partial charge in [-0.3, -0.25) is 14.6 Å². The van der Waals surface area contributed by atoms with Gasteiger partial charge < -0.3 is 14.7 Å². The van der Waals surface area contributed by atoms with Crippen molar-refractivity contribution in [2.45, 2.75) is 33.4 Å². The average molecular weight is 443 g/mol. The molecule has 2 aromatic carbocycles. The predicted octanol–water partition coefficient (Wildman–Crippen LogP) is 4.64. The molecule has 6 heteroatoms. The van der Waals surface area contributed by atoms with Crippen LogP contribution in [0, 0.1) is 20.8 Å². The summed E-state index contributed by atoms with van der Waals surface area (Å²) in [5, 5.41) is 11.4. The standard InChI is InChI=1S/C27H26N2O4/c1-16-9-5-6-11-20(16)24-23(25(30)21-13-18(3)22(33-4)14-17(21)2)26(31)27(32)29(24)15-19-10-7-8-12-28-19/h5-14,24,30H,15H2,1-4H3/b25-23+. The molecule has 2 heterocycles. The van der Waals surface area contributed by atoms with Crippen LogP contribution in [0.3, 0.4) is 0 Å². The van der Waals surface area contributed by atoms with E-state index in [0.717, 1.165) is 22.3 Å². The lowest BCUT2D eigenvalue weighted by molar-refractivity contribution is -0.140. The summed E-state index contributed by atoms with van der Waals surface area (Å²) in [5.41, 5.74) is 4.52. The summed E-state index contributed by atoms with van der Waals surface area (Å²) in [5.74, 6) is -0.855. The molecule has 1 fully saturated rings. The molecule has 33 heavy (non-hydrogen) atoms. The van der Waals surface area contributed by atoms with E-state index in [1.54, 1.807) is 25.4 Å². The number of hydrogen-bond acceptors (Lipinski definition) is 5. The van der Waals surface area contributed by atoms with Crippen LogP contribution in [0.2, 0.25) is 0 Å². The number of carbonyl (C=O) groups excluding carboxylic acids is 2. The van der Waals surface area contributed by atoms with Crippen molar-refractivity contribution in [3.63, 3.8) is 0 Å². The molecule has 0 spiro atoms. The van der Waals surface area contributed by atoms with Crippen LogP contribution < -0.4 is 4.74 Å². The molecule has 1 N–H and O–H groups in total. The number of aryl methyl sites for hydroxylation is 3. The first-order valence-corrected chi connectivity index (χ1v) is 10.7. The van der Waals surface area contributed by atoms with E-state index >= 15 is 0 Å². The van der Waals surface area contributed by atoms with Crippen LogP contribution in [0.25, 0.3) is 5.76 Å². The maximum absolute atomic E-state index is 13.3. The Kier molecular flexibility index (Phi) is 6.01. The fraction of sp³-hybridized carbons (Fsp3) is 0.222. The van der Waals surface area contributed by atoms with Crippen LogP contribution in [0.15, 0.2) is 66.4 Å². The Bertz CT molecular complexity index is 1260. The molecule has 0 aliphatic carbocycles. The van der Waals surface area contributed by atoms with Gasteiger partial charge >= 0.3 is 0 Å². The highest BCUT2D eigenvalue weighted by molar-refractivity contribution is 6.46. The molecule has 1 atom stereocenters. The Balaban J connectivity index is 1.92. The molecule has 1 aliphatic heterocycles. The maximum atomic E-state index is 13.3. The molecule has 168 valence electrons. The fourth-order valence-electron chi connectivity index (χ4n) is 4.34. The molecule has 1 unspecified atom stereocenters. The molecular formula is C27H26N2O4. The molecule has 6 nitrogen and oxygen atoms in total. The molecule has 1 aliphatic rings. The lowest BCUT2D eigenvalue weighted by atomic mass is 9.91. The molecule has 0 saturated carbocycles. The minimum atomic E-state index is -0.727. The highest BCUT2D eigenvalue weighted by Crippen LogP contribution is 2.42. The third kappa shape index (κ3) is 4.00. The normalized spacial score (nSPS) is 17.5. The van der Waals surface area contributed by atoms with E-state index in [1.807, 2.05) is 63.2 Å². The molecule has 3 aromatic rings. The lowest BCUT2D eigenvalue weighted by Gasteiger charge is -2.26. The van der Waals surface area contributed by atoms with E-state index in [1.165, 1.54) is 4.90 Å². The van der Waals surface area contributed by atoms with Crippen LogP contribution in [0.1, 0.15) is 39.6 Å². The zero-order valence-electron chi connectivity index (χ0n) is 19.1. The third-order valence-electron chi connectivity index (χ3n) is 6.08. The fourth-order valence-corrected chi connectivity index (χ4v) is 4.34. The van der Waals surface area contributed by atoms with Crippen molar-refractivity contribution in [1.29, 1.82) is 0 Å². The number of methoxy groups -OCH3 is 1. The van der Waals surface area contributed by atoms with Crippen LogP contribution in [-0.2, 0) is 16.1 Å². The summed E-state index contributed by atoms with van der Waals surface area (Å²) in [4.78, 5) is 32.3. The van der Waals surface area contributed by atoms with Crippen molar-refractivity contribution in [3.05, 3.63) is 99.9 Å². The van der Waals surface area contributed by atoms with Crippen molar-refractivity contribution in [2.75, 3.05) is 7.11 Å². The van der Waals surface area contributed by atoms with Crippen molar-refractivity contribution >= 4 is 17.4 Å². The number of amides is 1. The van der Waals surface area contributed by atoms with Crippen molar-refractivity contribution in [1.82, 2.24) is 9.88 Å². The van der Waals surface area contributed by atoms with Crippen LogP contribution in [0.5, 0.6) is 5.75 Å². The minimum Gasteiger partial charge on any atom is -0.507 e. The molecular weight excluding hydrogens is 416 g/mol. The quantitative estimate of drug-likeness (QED) is 0.354. The van der Waals surface area contributed by atoms with Crippen molar-refractivity contribution in [2.24, 2.45) is 0 Å². The largest absolute Gasteiger partial charge is 0.507 e. The number of pyridine rings is 1. The summed E-state index contributed by atoms with van der Waals surface area (Å²) < 4.78 is 5.38. The van der Waals surface area contributed by atoms with Gasteiger partial charge in [0.1, 0.15) is 11.5 Å². The topological polar surface area (TPSA) is 79.7 Å². The summed E-state index contributed by atoms with van der Waals surface area (Å²) in [6.45, 7) is 5.79. The van der Waals surface area contributed by atoms with E-state index in [9.17, 15) is 14.7 Å². The number of likely N-dealkylation sites (tertiary alicyclic amines) is 1. The number of benzene rings is 2. The van der Waals surface area contributed by atoms with Gasteiger partial charge in [0.25, 0.3) is 11.7 Å². The monoisotopic (exact) mass is 442 g/mol. The zero-order valence-corrected chi connectivity index (χ0v) is 19.1. The summed E-state index contributed by atoms with van der Waals surface area (Å²) in [6.07, 6.45) is 1.65. The van der Waals surface area contributed by atoms with Gasteiger partial charge in [0.15, 0.2) is 0 Å². The first-order chi connectivity index (χ1) is 15.8. The minimum absolute atomic E-state index is 0.0814. The number of rotatable bonds is 5. The summed E-state index contributed by atoms with van der Waals surface area (Å²) in [6, 6.07) is 15.9.